The first-order valence-corrected chi connectivity index (χ1v) is 7.10. The van der Waals surface area contributed by atoms with Crippen molar-refractivity contribution in [2.24, 2.45) is 0 Å². The number of nitro groups is 1. The molecule has 7 nitrogen and oxygen atoms in total. The lowest BCUT2D eigenvalue weighted by atomic mass is 10.1. The van der Waals surface area contributed by atoms with Crippen molar-refractivity contribution in [1.82, 2.24) is 4.98 Å². The minimum absolute atomic E-state index is 0.0848. The van der Waals surface area contributed by atoms with Gasteiger partial charge in [0.2, 0.25) is 5.88 Å². The average Bonchev–Trinajstić information content (AvgIpc) is 2.47. The van der Waals surface area contributed by atoms with E-state index in [9.17, 15) is 15.2 Å². The molecule has 2 rings (SSSR count). The van der Waals surface area contributed by atoms with Gasteiger partial charge in [0.05, 0.1) is 10.5 Å². The molecule has 0 aliphatic carbocycles. The minimum Gasteiger partial charge on any atom is -0.439 e. The van der Waals surface area contributed by atoms with Crippen LogP contribution in [0.15, 0.2) is 36.5 Å². The monoisotopic (exact) mass is 317 g/mol. The van der Waals surface area contributed by atoms with E-state index in [4.69, 9.17) is 4.74 Å². The summed E-state index contributed by atoms with van der Waals surface area (Å²) in [4.78, 5) is 14.7. The Morgan fingerprint density at radius 3 is 2.65 bits per heavy atom. The summed E-state index contributed by atoms with van der Waals surface area (Å²) in [6.45, 7) is 5.31. The zero-order valence-electron chi connectivity index (χ0n) is 13.2. The van der Waals surface area contributed by atoms with Crippen LogP contribution in [0.5, 0.6) is 11.6 Å². The van der Waals surface area contributed by atoms with Crippen molar-refractivity contribution in [3.05, 3.63) is 52.2 Å². The number of aryl methyl sites for hydroxylation is 1. The molecule has 0 fully saturated rings. The fraction of sp³-hybridized carbons (Fsp3) is 0.312. The van der Waals surface area contributed by atoms with Crippen LogP contribution < -0.4 is 10.1 Å². The number of hydrogen-bond donors (Lipinski definition) is 2. The number of anilines is 1. The number of aromatic nitrogens is 1. The average molecular weight is 317 g/mol. The summed E-state index contributed by atoms with van der Waals surface area (Å²) in [6, 6.07) is 7.97. The molecule has 0 radical (unpaired) electrons. The standard InChI is InChI=1S/C16H19N3O4/c1-11-4-7-15(17-9-11)23-12-5-6-14(19(21)22)13(8-12)18-10-16(2,3)20/h4-9,18,20H,10H2,1-3H3. The molecule has 122 valence electrons. The Morgan fingerprint density at radius 2 is 2.09 bits per heavy atom. The molecule has 0 aliphatic heterocycles. The molecule has 23 heavy (non-hydrogen) atoms. The van der Waals surface area contributed by atoms with E-state index in [1.54, 1.807) is 26.1 Å². The number of nitrogens with one attached hydrogen (secondary N) is 1. The Labute approximate surface area is 134 Å². The van der Waals surface area contributed by atoms with Crippen molar-refractivity contribution >= 4 is 11.4 Å². The van der Waals surface area contributed by atoms with E-state index < -0.39 is 10.5 Å². The topological polar surface area (TPSA) is 97.5 Å². The maximum Gasteiger partial charge on any atom is 0.292 e. The van der Waals surface area contributed by atoms with Gasteiger partial charge in [-0.2, -0.15) is 0 Å². The fourth-order valence-electron chi connectivity index (χ4n) is 1.83. The van der Waals surface area contributed by atoms with Gasteiger partial charge in [-0.25, -0.2) is 4.98 Å². The first-order chi connectivity index (χ1) is 10.7. The van der Waals surface area contributed by atoms with Gasteiger partial charge in [0.1, 0.15) is 11.4 Å². The molecule has 0 bridgehead atoms. The second kappa shape index (κ2) is 6.62. The zero-order valence-corrected chi connectivity index (χ0v) is 13.2. The molecule has 1 heterocycles. The second-order valence-corrected chi connectivity index (χ2v) is 5.88. The maximum atomic E-state index is 11.1. The van der Waals surface area contributed by atoms with Crippen LogP contribution in [-0.2, 0) is 0 Å². The Balaban J connectivity index is 2.24. The van der Waals surface area contributed by atoms with Gasteiger partial charge < -0.3 is 15.2 Å². The lowest BCUT2D eigenvalue weighted by Crippen LogP contribution is -2.29. The molecule has 0 saturated carbocycles. The van der Waals surface area contributed by atoms with Crippen LogP contribution in [-0.4, -0.2) is 27.2 Å². The first-order valence-electron chi connectivity index (χ1n) is 7.10. The molecule has 0 spiro atoms. The van der Waals surface area contributed by atoms with Gasteiger partial charge in [0.25, 0.3) is 5.69 Å². The third kappa shape index (κ3) is 4.93. The van der Waals surface area contributed by atoms with E-state index in [0.29, 0.717) is 11.6 Å². The van der Waals surface area contributed by atoms with E-state index in [0.717, 1.165) is 5.56 Å². The molecule has 1 aromatic carbocycles. The van der Waals surface area contributed by atoms with Gasteiger partial charge in [-0.3, -0.25) is 10.1 Å². The van der Waals surface area contributed by atoms with Gasteiger partial charge in [-0.15, -0.1) is 0 Å². The number of nitro benzene ring substituents is 1. The number of aliphatic hydroxyl groups is 1. The van der Waals surface area contributed by atoms with Crippen molar-refractivity contribution in [2.45, 2.75) is 26.4 Å². The Bertz CT molecular complexity index is 693. The number of rotatable bonds is 6. The summed E-state index contributed by atoms with van der Waals surface area (Å²) >= 11 is 0. The third-order valence-corrected chi connectivity index (χ3v) is 2.98. The number of pyridine rings is 1. The second-order valence-electron chi connectivity index (χ2n) is 5.88. The van der Waals surface area contributed by atoms with E-state index in [1.165, 1.54) is 18.2 Å². The number of hydrogen-bond acceptors (Lipinski definition) is 6. The van der Waals surface area contributed by atoms with Crippen molar-refractivity contribution in [3.63, 3.8) is 0 Å². The van der Waals surface area contributed by atoms with Crippen LogP contribution in [0.2, 0.25) is 0 Å². The number of ether oxygens (including phenoxy) is 1. The molecule has 2 N–H and O–H groups in total. The molecule has 0 aliphatic rings. The van der Waals surface area contributed by atoms with Crippen LogP contribution in [0.4, 0.5) is 11.4 Å². The van der Waals surface area contributed by atoms with Gasteiger partial charge in [0.15, 0.2) is 0 Å². The Morgan fingerprint density at radius 1 is 1.35 bits per heavy atom. The smallest absolute Gasteiger partial charge is 0.292 e. The highest BCUT2D eigenvalue weighted by atomic mass is 16.6. The zero-order chi connectivity index (χ0) is 17.0. The highest BCUT2D eigenvalue weighted by Gasteiger charge is 2.18. The van der Waals surface area contributed by atoms with E-state index in [-0.39, 0.29) is 17.9 Å². The summed E-state index contributed by atoms with van der Waals surface area (Å²) in [5.74, 6) is 0.822. The molecular formula is C16H19N3O4. The maximum absolute atomic E-state index is 11.1. The number of nitrogens with zero attached hydrogens (tertiary/aromatic N) is 2. The lowest BCUT2D eigenvalue weighted by Gasteiger charge is -2.18. The van der Waals surface area contributed by atoms with E-state index in [2.05, 4.69) is 10.3 Å². The lowest BCUT2D eigenvalue weighted by molar-refractivity contribution is -0.384. The number of benzene rings is 1. The summed E-state index contributed by atoms with van der Waals surface area (Å²) in [5, 5.41) is 23.7. The Kier molecular flexibility index (Phi) is 4.80. The molecule has 0 unspecified atom stereocenters. The van der Waals surface area contributed by atoms with Gasteiger partial charge in [0, 0.05) is 30.9 Å². The van der Waals surface area contributed by atoms with Crippen molar-refractivity contribution in [1.29, 1.82) is 0 Å². The van der Waals surface area contributed by atoms with Crippen LogP contribution in [0.25, 0.3) is 0 Å². The highest BCUT2D eigenvalue weighted by Crippen LogP contribution is 2.31. The summed E-state index contributed by atoms with van der Waals surface area (Å²) in [6.07, 6.45) is 1.67. The Hall–Kier alpha value is -2.67. The molecule has 1 aromatic heterocycles. The summed E-state index contributed by atoms with van der Waals surface area (Å²) in [5.41, 5.74) is 0.206. The molecule has 7 heteroatoms. The predicted octanol–water partition coefficient (Wildman–Crippen LogP) is 3.27. The molecule has 0 saturated heterocycles. The molecular weight excluding hydrogens is 298 g/mol. The normalized spacial score (nSPS) is 11.1. The SMILES string of the molecule is Cc1ccc(Oc2ccc([N+](=O)[O-])c(NCC(C)(C)O)c2)nc1. The van der Waals surface area contributed by atoms with Crippen LogP contribution in [0.1, 0.15) is 19.4 Å². The largest absolute Gasteiger partial charge is 0.439 e. The fourth-order valence-corrected chi connectivity index (χ4v) is 1.83. The minimum atomic E-state index is -0.997. The van der Waals surface area contributed by atoms with Gasteiger partial charge in [-0.1, -0.05) is 6.07 Å². The van der Waals surface area contributed by atoms with Crippen LogP contribution in [0.3, 0.4) is 0 Å². The van der Waals surface area contributed by atoms with Gasteiger partial charge in [-0.05, 0) is 32.4 Å². The van der Waals surface area contributed by atoms with Crippen LogP contribution >= 0.6 is 0 Å². The molecule has 0 amide bonds. The summed E-state index contributed by atoms with van der Waals surface area (Å²) in [7, 11) is 0. The molecule has 0 atom stereocenters. The van der Waals surface area contributed by atoms with Gasteiger partial charge >= 0.3 is 0 Å². The predicted molar refractivity (Wildman–Crippen MR) is 86.9 cm³/mol. The van der Waals surface area contributed by atoms with E-state index >= 15 is 0 Å². The van der Waals surface area contributed by atoms with E-state index in [1.807, 2.05) is 13.0 Å². The van der Waals surface area contributed by atoms with Crippen LogP contribution in [0, 0.1) is 17.0 Å². The summed E-state index contributed by atoms with van der Waals surface area (Å²) < 4.78 is 5.60. The quantitative estimate of drug-likeness (QED) is 0.627. The third-order valence-electron chi connectivity index (χ3n) is 2.98. The van der Waals surface area contributed by atoms with Crippen molar-refractivity contribution in [3.8, 4) is 11.6 Å². The van der Waals surface area contributed by atoms with Crippen molar-refractivity contribution < 1.29 is 14.8 Å². The molecule has 2 aromatic rings. The van der Waals surface area contributed by atoms with Crippen molar-refractivity contribution in [2.75, 3.05) is 11.9 Å². The highest BCUT2D eigenvalue weighted by molar-refractivity contribution is 5.64. The first kappa shape index (κ1) is 16.7.